The van der Waals surface area contributed by atoms with Crippen LogP contribution in [0.25, 0.3) is 0 Å². The predicted octanol–water partition coefficient (Wildman–Crippen LogP) is 1.48. The van der Waals surface area contributed by atoms with E-state index in [1.807, 2.05) is 6.26 Å². The van der Waals surface area contributed by atoms with E-state index < -0.39 is 0 Å². The molecule has 0 bridgehead atoms. The fourth-order valence-corrected chi connectivity index (χ4v) is 1.06. The summed E-state index contributed by atoms with van der Waals surface area (Å²) < 4.78 is 0. The van der Waals surface area contributed by atoms with Gasteiger partial charge in [0.25, 0.3) is 0 Å². The largest absolute Gasteiger partial charge is 0.262 e. The second-order valence-corrected chi connectivity index (χ2v) is 2.79. The van der Waals surface area contributed by atoms with Crippen molar-refractivity contribution in [1.29, 1.82) is 0 Å². The summed E-state index contributed by atoms with van der Waals surface area (Å²) in [6, 6.07) is 0. The van der Waals surface area contributed by atoms with Crippen LogP contribution in [0.5, 0.6) is 0 Å². The third kappa shape index (κ3) is 1.73. The Labute approximate surface area is 64.6 Å². The van der Waals surface area contributed by atoms with Crippen molar-refractivity contribution in [2.45, 2.75) is 24.9 Å². The molecule has 0 atom stereocenters. The Kier molecular flexibility index (Phi) is 2.74. The third-order valence-corrected chi connectivity index (χ3v) is 1.73. The van der Waals surface area contributed by atoms with Gasteiger partial charge in [-0.1, -0.05) is 18.7 Å². The van der Waals surface area contributed by atoms with E-state index in [1.54, 1.807) is 11.8 Å². The van der Waals surface area contributed by atoms with Crippen molar-refractivity contribution in [3.05, 3.63) is 5.82 Å². The van der Waals surface area contributed by atoms with Crippen LogP contribution in [0.3, 0.4) is 0 Å². The van der Waals surface area contributed by atoms with Crippen LogP contribution in [0.1, 0.15) is 19.2 Å². The molecule has 56 valence electrons. The molecule has 0 radical (unpaired) electrons. The molecule has 0 aliphatic rings. The molecule has 1 N–H and O–H groups in total. The van der Waals surface area contributed by atoms with E-state index in [0.29, 0.717) is 0 Å². The third-order valence-electron chi connectivity index (χ3n) is 1.18. The summed E-state index contributed by atoms with van der Waals surface area (Å²) in [6.07, 6.45) is 4.08. The van der Waals surface area contributed by atoms with Gasteiger partial charge in [0.15, 0.2) is 0 Å². The van der Waals surface area contributed by atoms with Gasteiger partial charge in [0.05, 0.1) is 0 Å². The average Bonchev–Trinajstić information content (AvgIpc) is 2.37. The number of aryl methyl sites for hydroxylation is 1. The molecule has 3 nitrogen and oxygen atoms in total. The molecule has 4 heteroatoms. The zero-order valence-electron chi connectivity index (χ0n) is 6.22. The Morgan fingerprint density at radius 1 is 1.60 bits per heavy atom. The molecule has 1 aromatic rings. The zero-order valence-corrected chi connectivity index (χ0v) is 7.03. The van der Waals surface area contributed by atoms with Crippen LogP contribution in [0, 0.1) is 0 Å². The number of H-pyrrole nitrogens is 1. The van der Waals surface area contributed by atoms with Crippen molar-refractivity contribution in [2.75, 3.05) is 6.26 Å². The molecule has 1 aromatic heterocycles. The van der Waals surface area contributed by atoms with Gasteiger partial charge in [-0.15, -0.1) is 5.10 Å². The average molecular weight is 157 g/mol. The van der Waals surface area contributed by atoms with Gasteiger partial charge in [0, 0.05) is 6.42 Å². The summed E-state index contributed by atoms with van der Waals surface area (Å²) in [5.74, 6) is 0.992. The lowest BCUT2D eigenvalue weighted by Crippen LogP contribution is -1.84. The first-order valence-electron chi connectivity index (χ1n) is 3.32. The molecule has 0 aromatic carbocycles. The van der Waals surface area contributed by atoms with Gasteiger partial charge >= 0.3 is 0 Å². The quantitative estimate of drug-likeness (QED) is 0.676. The van der Waals surface area contributed by atoms with Crippen molar-refractivity contribution < 1.29 is 0 Å². The monoisotopic (exact) mass is 157 g/mol. The summed E-state index contributed by atoms with van der Waals surface area (Å²) in [6.45, 7) is 2.13. The van der Waals surface area contributed by atoms with E-state index in [-0.39, 0.29) is 0 Å². The number of aromatic amines is 1. The van der Waals surface area contributed by atoms with Gasteiger partial charge < -0.3 is 0 Å². The van der Waals surface area contributed by atoms with Gasteiger partial charge in [0.2, 0.25) is 5.16 Å². The molecule has 0 aliphatic carbocycles. The van der Waals surface area contributed by atoms with Crippen LogP contribution < -0.4 is 0 Å². The molecule has 0 saturated heterocycles. The van der Waals surface area contributed by atoms with Crippen LogP contribution in [0.15, 0.2) is 5.16 Å². The van der Waals surface area contributed by atoms with E-state index in [1.165, 1.54) is 0 Å². The van der Waals surface area contributed by atoms with Gasteiger partial charge in [-0.25, -0.2) is 4.98 Å². The van der Waals surface area contributed by atoms with Crippen molar-refractivity contribution in [3.63, 3.8) is 0 Å². The fourth-order valence-electron chi connectivity index (χ4n) is 0.718. The van der Waals surface area contributed by atoms with Crippen molar-refractivity contribution >= 4 is 11.8 Å². The van der Waals surface area contributed by atoms with Crippen LogP contribution >= 0.6 is 11.8 Å². The highest BCUT2D eigenvalue weighted by molar-refractivity contribution is 7.98. The molecule has 1 rings (SSSR count). The second kappa shape index (κ2) is 3.61. The molecular weight excluding hydrogens is 146 g/mol. The van der Waals surface area contributed by atoms with Gasteiger partial charge in [-0.05, 0) is 12.7 Å². The van der Waals surface area contributed by atoms with Gasteiger partial charge in [-0.3, -0.25) is 5.10 Å². The van der Waals surface area contributed by atoms with Crippen LogP contribution in [0.2, 0.25) is 0 Å². The van der Waals surface area contributed by atoms with Crippen LogP contribution in [0.4, 0.5) is 0 Å². The van der Waals surface area contributed by atoms with Crippen molar-refractivity contribution in [2.24, 2.45) is 0 Å². The first-order chi connectivity index (χ1) is 4.86. The zero-order chi connectivity index (χ0) is 7.40. The maximum Gasteiger partial charge on any atom is 0.208 e. The first-order valence-corrected chi connectivity index (χ1v) is 4.54. The Balaban J connectivity index is 2.59. The minimum atomic E-state index is 0.837. The molecule has 0 amide bonds. The molecule has 0 fully saturated rings. The minimum absolute atomic E-state index is 0.837. The van der Waals surface area contributed by atoms with E-state index in [9.17, 15) is 0 Å². The highest BCUT2D eigenvalue weighted by Crippen LogP contribution is 2.07. The summed E-state index contributed by atoms with van der Waals surface area (Å²) >= 11 is 1.56. The maximum absolute atomic E-state index is 4.21. The van der Waals surface area contributed by atoms with E-state index >= 15 is 0 Å². The number of hydrogen-bond acceptors (Lipinski definition) is 3. The standard InChI is InChI=1S/C6H11N3S/c1-3-4-5-7-6(10-2)9-8-5/h3-4H2,1-2H3,(H,7,8,9). The number of thioether (sulfide) groups is 1. The first kappa shape index (κ1) is 7.60. The lowest BCUT2D eigenvalue weighted by Gasteiger charge is -1.85. The summed E-state index contributed by atoms with van der Waals surface area (Å²) in [5.41, 5.74) is 0. The topological polar surface area (TPSA) is 41.6 Å². The summed E-state index contributed by atoms with van der Waals surface area (Å²) in [7, 11) is 0. The van der Waals surface area contributed by atoms with Gasteiger partial charge in [0.1, 0.15) is 5.82 Å². The molecule has 10 heavy (non-hydrogen) atoms. The second-order valence-electron chi connectivity index (χ2n) is 2.02. The number of nitrogens with zero attached hydrogens (tertiary/aromatic N) is 2. The van der Waals surface area contributed by atoms with Gasteiger partial charge in [-0.2, -0.15) is 0 Å². The lowest BCUT2D eigenvalue weighted by molar-refractivity contribution is 0.840. The molecule has 0 unspecified atom stereocenters. The minimum Gasteiger partial charge on any atom is -0.262 e. The van der Waals surface area contributed by atoms with Crippen molar-refractivity contribution in [3.8, 4) is 0 Å². The Morgan fingerprint density at radius 3 is 2.90 bits per heavy atom. The van der Waals surface area contributed by atoms with Crippen LogP contribution in [-0.4, -0.2) is 21.4 Å². The number of aromatic nitrogens is 3. The molecule has 0 aliphatic heterocycles. The normalized spacial score (nSPS) is 10.2. The highest BCUT2D eigenvalue weighted by atomic mass is 32.2. The summed E-state index contributed by atoms with van der Waals surface area (Å²) in [4.78, 5) is 4.21. The number of hydrogen-bond donors (Lipinski definition) is 1. The molecular formula is C6H11N3S. The maximum atomic E-state index is 4.21. The molecule has 0 spiro atoms. The molecule has 0 saturated carbocycles. The smallest absolute Gasteiger partial charge is 0.208 e. The van der Waals surface area contributed by atoms with E-state index in [2.05, 4.69) is 22.1 Å². The molecule has 1 heterocycles. The Hall–Kier alpha value is -0.510. The predicted molar refractivity (Wildman–Crippen MR) is 42.2 cm³/mol. The Morgan fingerprint density at radius 2 is 2.40 bits per heavy atom. The lowest BCUT2D eigenvalue weighted by atomic mass is 10.3. The number of nitrogens with one attached hydrogen (secondary N) is 1. The van der Waals surface area contributed by atoms with Crippen LogP contribution in [-0.2, 0) is 6.42 Å². The summed E-state index contributed by atoms with van der Waals surface area (Å²) in [5, 5.41) is 7.69. The fraction of sp³-hybridized carbons (Fsp3) is 0.667. The van der Waals surface area contributed by atoms with E-state index in [4.69, 9.17) is 0 Å². The van der Waals surface area contributed by atoms with Crippen molar-refractivity contribution in [1.82, 2.24) is 15.2 Å². The highest BCUT2D eigenvalue weighted by Gasteiger charge is 1.98. The Bertz CT molecular complexity index is 197. The SMILES string of the molecule is CCCc1nc(SC)n[nH]1. The number of rotatable bonds is 3. The van der Waals surface area contributed by atoms with E-state index in [0.717, 1.165) is 23.8 Å².